The number of nitrogens with zero attached hydrogens (tertiary/aromatic N) is 3. The van der Waals surface area contributed by atoms with E-state index in [-0.39, 0.29) is 5.56 Å². The molecular formula is C14H10BrN3O. The van der Waals surface area contributed by atoms with Gasteiger partial charge < -0.3 is 0 Å². The maximum atomic E-state index is 12.3. The van der Waals surface area contributed by atoms with E-state index in [9.17, 15) is 4.79 Å². The van der Waals surface area contributed by atoms with Crippen LogP contribution in [-0.2, 0) is 6.54 Å². The van der Waals surface area contributed by atoms with Gasteiger partial charge in [0.2, 0.25) is 0 Å². The number of benzene rings is 1. The maximum Gasteiger partial charge on any atom is 0.261 e. The SMILES string of the molecule is O=c1c2ccc(Br)cc2ncn1Cc1ccncc1. The number of hydrogen-bond acceptors (Lipinski definition) is 3. The van der Waals surface area contributed by atoms with Gasteiger partial charge in [-0.1, -0.05) is 15.9 Å². The molecule has 0 atom stereocenters. The van der Waals surface area contributed by atoms with Gasteiger partial charge in [0.05, 0.1) is 23.8 Å². The molecule has 3 rings (SSSR count). The van der Waals surface area contributed by atoms with E-state index in [0.29, 0.717) is 17.4 Å². The highest BCUT2D eigenvalue weighted by Crippen LogP contribution is 2.15. The summed E-state index contributed by atoms with van der Waals surface area (Å²) in [4.78, 5) is 20.6. The largest absolute Gasteiger partial charge is 0.294 e. The van der Waals surface area contributed by atoms with Crippen molar-refractivity contribution in [1.29, 1.82) is 0 Å². The Bertz CT molecular complexity index is 784. The highest BCUT2D eigenvalue weighted by atomic mass is 79.9. The fraction of sp³-hybridized carbons (Fsp3) is 0.0714. The Labute approximate surface area is 117 Å². The first-order valence-corrected chi connectivity index (χ1v) is 6.57. The lowest BCUT2D eigenvalue weighted by Gasteiger charge is -2.06. The molecule has 2 heterocycles. The fourth-order valence-corrected chi connectivity index (χ4v) is 2.28. The number of rotatable bonds is 2. The molecule has 0 aliphatic heterocycles. The molecule has 19 heavy (non-hydrogen) atoms. The van der Waals surface area contributed by atoms with E-state index in [1.165, 1.54) is 0 Å². The van der Waals surface area contributed by atoms with Gasteiger partial charge in [-0.3, -0.25) is 14.3 Å². The predicted octanol–water partition coefficient (Wildman–Crippen LogP) is 2.60. The normalized spacial score (nSPS) is 10.8. The quantitative estimate of drug-likeness (QED) is 0.730. The van der Waals surface area contributed by atoms with E-state index in [0.717, 1.165) is 10.0 Å². The third kappa shape index (κ3) is 2.42. The molecule has 94 valence electrons. The van der Waals surface area contributed by atoms with Gasteiger partial charge >= 0.3 is 0 Å². The highest BCUT2D eigenvalue weighted by molar-refractivity contribution is 9.10. The van der Waals surface area contributed by atoms with Gasteiger partial charge in [0, 0.05) is 16.9 Å². The molecule has 4 nitrogen and oxygen atoms in total. The van der Waals surface area contributed by atoms with Crippen molar-refractivity contribution in [3.05, 3.63) is 69.4 Å². The minimum atomic E-state index is -0.0330. The van der Waals surface area contributed by atoms with Crippen molar-refractivity contribution in [3.63, 3.8) is 0 Å². The lowest BCUT2D eigenvalue weighted by Crippen LogP contribution is -2.21. The van der Waals surface area contributed by atoms with Crippen LogP contribution in [0.4, 0.5) is 0 Å². The summed E-state index contributed by atoms with van der Waals surface area (Å²) in [5.41, 5.74) is 1.69. The van der Waals surface area contributed by atoms with Gasteiger partial charge in [0.1, 0.15) is 0 Å². The van der Waals surface area contributed by atoms with E-state index in [1.807, 2.05) is 24.3 Å². The molecule has 5 heteroatoms. The van der Waals surface area contributed by atoms with Crippen LogP contribution in [0.15, 0.2) is 58.3 Å². The molecule has 0 saturated carbocycles. The van der Waals surface area contributed by atoms with Gasteiger partial charge in [-0.25, -0.2) is 4.98 Å². The Balaban J connectivity index is 2.08. The van der Waals surface area contributed by atoms with E-state index < -0.39 is 0 Å². The molecule has 0 N–H and O–H groups in total. The lowest BCUT2D eigenvalue weighted by atomic mass is 10.2. The van der Waals surface area contributed by atoms with Crippen LogP contribution in [0.2, 0.25) is 0 Å². The summed E-state index contributed by atoms with van der Waals surface area (Å²) < 4.78 is 2.52. The summed E-state index contributed by atoms with van der Waals surface area (Å²) in [7, 11) is 0. The minimum Gasteiger partial charge on any atom is -0.294 e. The first-order chi connectivity index (χ1) is 9.24. The Morgan fingerprint density at radius 2 is 1.95 bits per heavy atom. The van der Waals surface area contributed by atoms with Crippen molar-refractivity contribution in [2.24, 2.45) is 0 Å². The molecule has 0 unspecified atom stereocenters. The summed E-state index contributed by atoms with van der Waals surface area (Å²) in [6.45, 7) is 0.500. The van der Waals surface area contributed by atoms with Crippen molar-refractivity contribution in [2.75, 3.05) is 0 Å². The lowest BCUT2D eigenvalue weighted by molar-refractivity contribution is 0.747. The van der Waals surface area contributed by atoms with Gasteiger partial charge in [0.15, 0.2) is 0 Å². The summed E-state index contributed by atoms with van der Waals surface area (Å²) in [6.07, 6.45) is 5.01. The van der Waals surface area contributed by atoms with Crippen LogP contribution in [0.1, 0.15) is 5.56 Å². The van der Waals surface area contributed by atoms with Crippen molar-refractivity contribution in [1.82, 2.24) is 14.5 Å². The van der Waals surface area contributed by atoms with Crippen LogP contribution in [0, 0.1) is 0 Å². The fourth-order valence-electron chi connectivity index (χ4n) is 1.93. The molecule has 2 aromatic heterocycles. The van der Waals surface area contributed by atoms with Crippen molar-refractivity contribution < 1.29 is 0 Å². The second-order valence-electron chi connectivity index (χ2n) is 4.19. The van der Waals surface area contributed by atoms with Gasteiger partial charge in [0.25, 0.3) is 5.56 Å². The van der Waals surface area contributed by atoms with Crippen LogP contribution in [0.3, 0.4) is 0 Å². The van der Waals surface area contributed by atoms with Crippen LogP contribution >= 0.6 is 15.9 Å². The number of aromatic nitrogens is 3. The summed E-state index contributed by atoms with van der Waals surface area (Å²) in [6, 6.07) is 9.25. The average Bonchev–Trinajstić information content (AvgIpc) is 2.43. The molecule has 0 spiro atoms. The zero-order valence-electron chi connectivity index (χ0n) is 9.95. The van der Waals surface area contributed by atoms with E-state index in [2.05, 4.69) is 25.9 Å². The Kier molecular flexibility index (Phi) is 3.13. The number of hydrogen-bond donors (Lipinski definition) is 0. The molecular weight excluding hydrogens is 306 g/mol. The van der Waals surface area contributed by atoms with Crippen molar-refractivity contribution >= 4 is 26.8 Å². The molecule has 0 radical (unpaired) electrons. The average molecular weight is 316 g/mol. The van der Waals surface area contributed by atoms with Gasteiger partial charge in [-0.2, -0.15) is 0 Å². The Morgan fingerprint density at radius 1 is 1.16 bits per heavy atom. The monoisotopic (exact) mass is 315 g/mol. The number of fused-ring (bicyclic) bond motifs is 1. The van der Waals surface area contributed by atoms with Crippen molar-refractivity contribution in [2.45, 2.75) is 6.54 Å². The van der Waals surface area contributed by atoms with Crippen LogP contribution in [0.5, 0.6) is 0 Å². The topological polar surface area (TPSA) is 47.8 Å². The first kappa shape index (κ1) is 12.0. The molecule has 0 fully saturated rings. The molecule has 0 aliphatic carbocycles. The highest BCUT2D eigenvalue weighted by Gasteiger charge is 2.04. The summed E-state index contributed by atoms with van der Waals surface area (Å²) in [5, 5.41) is 0.625. The number of pyridine rings is 1. The third-order valence-corrected chi connectivity index (χ3v) is 3.38. The molecule has 0 bridgehead atoms. The minimum absolute atomic E-state index is 0.0330. The van der Waals surface area contributed by atoms with E-state index in [4.69, 9.17) is 0 Å². The van der Waals surface area contributed by atoms with Crippen LogP contribution in [0.25, 0.3) is 10.9 Å². The zero-order chi connectivity index (χ0) is 13.2. The predicted molar refractivity (Wildman–Crippen MR) is 77.0 cm³/mol. The standard InChI is InChI=1S/C14H10BrN3O/c15-11-1-2-12-13(7-11)17-9-18(14(12)19)8-10-3-5-16-6-4-10/h1-7,9H,8H2. The van der Waals surface area contributed by atoms with Crippen LogP contribution < -0.4 is 5.56 Å². The Morgan fingerprint density at radius 3 is 2.74 bits per heavy atom. The number of halogens is 1. The summed E-state index contributed by atoms with van der Waals surface area (Å²) >= 11 is 3.37. The molecule has 3 aromatic rings. The maximum absolute atomic E-state index is 12.3. The second-order valence-corrected chi connectivity index (χ2v) is 5.11. The zero-order valence-corrected chi connectivity index (χ0v) is 11.5. The van der Waals surface area contributed by atoms with E-state index >= 15 is 0 Å². The van der Waals surface area contributed by atoms with Gasteiger partial charge in [-0.15, -0.1) is 0 Å². The summed E-state index contributed by atoms with van der Waals surface area (Å²) in [5.74, 6) is 0. The Hall–Kier alpha value is -2.01. The van der Waals surface area contributed by atoms with Crippen molar-refractivity contribution in [3.8, 4) is 0 Å². The van der Waals surface area contributed by atoms with Crippen LogP contribution in [-0.4, -0.2) is 14.5 Å². The smallest absolute Gasteiger partial charge is 0.261 e. The van der Waals surface area contributed by atoms with Gasteiger partial charge in [-0.05, 0) is 35.9 Å². The molecule has 1 aromatic carbocycles. The molecule has 0 amide bonds. The third-order valence-electron chi connectivity index (χ3n) is 2.89. The molecule has 0 aliphatic rings. The second kappa shape index (κ2) is 4.93. The first-order valence-electron chi connectivity index (χ1n) is 5.77. The van der Waals surface area contributed by atoms with E-state index in [1.54, 1.807) is 29.4 Å². The molecule has 0 saturated heterocycles.